The van der Waals surface area contributed by atoms with E-state index < -0.39 is 10.0 Å². The molecule has 0 aliphatic carbocycles. The number of hydrogen-bond acceptors (Lipinski definition) is 6. The third kappa shape index (κ3) is 6.43. The van der Waals surface area contributed by atoms with Crippen LogP contribution in [0.1, 0.15) is 52.4 Å². The van der Waals surface area contributed by atoms with Crippen LogP contribution >= 0.6 is 0 Å². The van der Waals surface area contributed by atoms with Gasteiger partial charge in [0.2, 0.25) is 15.9 Å². The standard InChI is InChI=1S/C23H37N3O5S/c1-3-26(4-2)32(28,29)20-10-11-22(25-13-6-5-7-14-25)21(17-20)24-23(27)12-16-30-18-19-9-8-15-31-19/h10-11,17,19H,3-9,12-16,18H2,1-2H3,(H,24,27). The maximum Gasteiger partial charge on any atom is 0.243 e. The van der Waals surface area contributed by atoms with Gasteiger partial charge >= 0.3 is 0 Å². The number of benzene rings is 1. The molecule has 0 aromatic heterocycles. The molecule has 9 heteroatoms. The van der Waals surface area contributed by atoms with E-state index in [-0.39, 0.29) is 23.3 Å². The Labute approximate surface area is 192 Å². The lowest BCUT2D eigenvalue weighted by atomic mass is 10.1. The Morgan fingerprint density at radius 2 is 1.94 bits per heavy atom. The number of piperidine rings is 1. The zero-order valence-corrected chi connectivity index (χ0v) is 20.2. The number of nitrogens with zero attached hydrogens (tertiary/aromatic N) is 2. The summed E-state index contributed by atoms with van der Waals surface area (Å²) in [5, 5.41) is 2.95. The fraction of sp³-hybridized carbons (Fsp3) is 0.696. The molecule has 1 amide bonds. The Balaban J connectivity index is 1.71. The number of hydrogen-bond donors (Lipinski definition) is 1. The molecule has 2 aliphatic heterocycles. The molecule has 3 rings (SSSR count). The van der Waals surface area contributed by atoms with Gasteiger partial charge in [-0.05, 0) is 50.3 Å². The van der Waals surface area contributed by atoms with Crippen LogP contribution < -0.4 is 10.2 Å². The molecule has 2 saturated heterocycles. The molecule has 2 aliphatic rings. The fourth-order valence-electron chi connectivity index (χ4n) is 4.27. The topological polar surface area (TPSA) is 88.2 Å². The number of amides is 1. The largest absolute Gasteiger partial charge is 0.378 e. The van der Waals surface area contributed by atoms with E-state index in [9.17, 15) is 13.2 Å². The lowest BCUT2D eigenvalue weighted by Gasteiger charge is -2.31. The molecule has 8 nitrogen and oxygen atoms in total. The molecule has 0 bridgehead atoms. The van der Waals surface area contributed by atoms with Gasteiger partial charge in [-0.25, -0.2) is 8.42 Å². The fourth-order valence-corrected chi connectivity index (χ4v) is 5.75. The molecule has 1 aromatic carbocycles. The van der Waals surface area contributed by atoms with E-state index >= 15 is 0 Å². The van der Waals surface area contributed by atoms with Crippen molar-refractivity contribution in [1.82, 2.24) is 4.31 Å². The molecule has 0 spiro atoms. The first-order valence-corrected chi connectivity index (χ1v) is 13.3. The molecule has 2 fully saturated rings. The number of ether oxygens (including phenoxy) is 2. The predicted octanol–water partition coefficient (Wildman–Crippen LogP) is 3.23. The quantitative estimate of drug-likeness (QED) is 0.503. The molecular formula is C23H37N3O5S. The van der Waals surface area contributed by atoms with Crippen molar-refractivity contribution in [3.8, 4) is 0 Å². The SMILES string of the molecule is CCN(CC)S(=O)(=O)c1ccc(N2CCCCC2)c(NC(=O)CCOCC2CCCO2)c1. The van der Waals surface area contributed by atoms with E-state index in [2.05, 4.69) is 10.2 Å². The van der Waals surface area contributed by atoms with E-state index in [0.717, 1.165) is 51.1 Å². The summed E-state index contributed by atoms with van der Waals surface area (Å²) in [6.07, 6.45) is 5.76. The second-order valence-electron chi connectivity index (χ2n) is 8.32. The van der Waals surface area contributed by atoms with Crippen molar-refractivity contribution in [2.45, 2.75) is 63.4 Å². The van der Waals surface area contributed by atoms with E-state index in [1.165, 1.54) is 10.7 Å². The number of carbonyl (C=O) groups excluding carboxylic acids is 1. The van der Waals surface area contributed by atoms with Gasteiger partial charge in [0.05, 0.1) is 42.0 Å². The average Bonchev–Trinajstić information content (AvgIpc) is 3.31. The van der Waals surface area contributed by atoms with E-state index in [4.69, 9.17) is 9.47 Å². The molecule has 32 heavy (non-hydrogen) atoms. The van der Waals surface area contributed by atoms with Crippen molar-refractivity contribution in [3.63, 3.8) is 0 Å². The van der Waals surface area contributed by atoms with Crippen LogP contribution in [0.25, 0.3) is 0 Å². The summed E-state index contributed by atoms with van der Waals surface area (Å²) in [7, 11) is -3.61. The third-order valence-electron chi connectivity index (χ3n) is 6.08. The minimum absolute atomic E-state index is 0.130. The van der Waals surface area contributed by atoms with Crippen LogP contribution in [0, 0.1) is 0 Å². The molecule has 2 heterocycles. The first-order valence-electron chi connectivity index (χ1n) is 11.8. The van der Waals surface area contributed by atoms with Gasteiger partial charge in [-0.2, -0.15) is 4.31 Å². The Morgan fingerprint density at radius 3 is 2.59 bits per heavy atom. The van der Waals surface area contributed by atoms with Crippen LogP contribution in [-0.2, 0) is 24.3 Å². The van der Waals surface area contributed by atoms with Gasteiger partial charge in [0, 0.05) is 32.8 Å². The van der Waals surface area contributed by atoms with Gasteiger partial charge in [-0.1, -0.05) is 13.8 Å². The molecule has 1 aromatic rings. The molecule has 180 valence electrons. The second kappa shape index (κ2) is 12.0. The smallest absolute Gasteiger partial charge is 0.243 e. The van der Waals surface area contributed by atoms with Crippen LogP contribution in [0.2, 0.25) is 0 Å². The summed E-state index contributed by atoms with van der Waals surface area (Å²) >= 11 is 0. The number of nitrogens with one attached hydrogen (secondary N) is 1. The van der Waals surface area contributed by atoms with Crippen molar-refractivity contribution in [3.05, 3.63) is 18.2 Å². The minimum atomic E-state index is -3.61. The Bertz CT molecular complexity index is 845. The normalized spacial score (nSPS) is 19.5. The Kier molecular flexibility index (Phi) is 9.34. The maximum atomic E-state index is 13.0. The summed E-state index contributed by atoms with van der Waals surface area (Å²) in [5.74, 6) is -0.187. The second-order valence-corrected chi connectivity index (χ2v) is 10.3. The van der Waals surface area contributed by atoms with Gasteiger partial charge in [-0.3, -0.25) is 4.79 Å². The van der Waals surface area contributed by atoms with Crippen molar-refractivity contribution in [2.24, 2.45) is 0 Å². The molecule has 1 N–H and O–H groups in total. The van der Waals surface area contributed by atoms with Crippen molar-refractivity contribution in [1.29, 1.82) is 0 Å². The van der Waals surface area contributed by atoms with Gasteiger partial charge in [0.15, 0.2) is 0 Å². The minimum Gasteiger partial charge on any atom is -0.378 e. The predicted molar refractivity (Wildman–Crippen MR) is 126 cm³/mol. The molecule has 1 unspecified atom stereocenters. The van der Waals surface area contributed by atoms with Crippen LogP contribution in [0.5, 0.6) is 0 Å². The van der Waals surface area contributed by atoms with Crippen LogP contribution in [-0.4, -0.2) is 70.7 Å². The highest BCUT2D eigenvalue weighted by atomic mass is 32.2. The number of anilines is 2. The summed E-state index contributed by atoms with van der Waals surface area (Å²) < 4.78 is 38.6. The lowest BCUT2D eigenvalue weighted by Crippen LogP contribution is -2.32. The van der Waals surface area contributed by atoms with E-state index in [0.29, 0.717) is 32.0 Å². The van der Waals surface area contributed by atoms with Gasteiger partial charge in [0.1, 0.15) is 0 Å². The number of sulfonamides is 1. The van der Waals surface area contributed by atoms with Gasteiger partial charge < -0.3 is 19.7 Å². The van der Waals surface area contributed by atoms with Crippen molar-refractivity contribution >= 4 is 27.3 Å². The zero-order valence-electron chi connectivity index (χ0n) is 19.3. The van der Waals surface area contributed by atoms with Gasteiger partial charge in [0.25, 0.3) is 0 Å². The average molecular weight is 468 g/mol. The van der Waals surface area contributed by atoms with E-state index in [1.54, 1.807) is 12.1 Å². The summed E-state index contributed by atoms with van der Waals surface area (Å²) in [6.45, 7) is 7.83. The molecule has 1 atom stereocenters. The lowest BCUT2D eigenvalue weighted by molar-refractivity contribution is -0.117. The third-order valence-corrected chi connectivity index (χ3v) is 8.13. The van der Waals surface area contributed by atoms with Crippen LogP contribution in [0.15, 0.2) is 23.1 Å². The first-order chi connectivity index (χ1) is 15.5. The molecule has 0 saturated carbocycles. The van der Waals surface area contributed by atoms with Crippen molar-refractivity contribution < 1.29 is 22.7 Å². The number of rotatable bonds is 11. The monoisotopic (exact) mass is 467 g/mol. The summed E-state index contributed by atoms with van der Waals surface area (Å²) in [6, 6.07) is 5.08. The van der Waals surface area contributed by atoms with Gasteiger partial charge in [-0.15, -0.1) is 0 Å². The maximum absolute atomic E-state index is 13.0. The van der Waals surface area contributed by atoms with Crippen molar-refractivity contribution in [2.75, 3.05) is 56.2 Å². The summed E-state index contributed by atoms with van der Waals surface area (Å²) in [4.78, 5) is 15.1. The molecular weight excluding hydrogens is 430 g/mol. The highest BCUT2D eigenvalue weighted by Crippen LogP contribution is 2.32. The van der Waals surface area contributed by atoms with Crippen LogP contribution in [0.4, 0.5) is 11.4 Å². The number of carbonyl (C=O) groups is 1. The highest BCUT2D eigenvalue weighted by molar-refractivity contribution is 7.89. The Hall–Kier alpha value is -1.68. The first kappa shape index (κ1) is 25.0. The Morgan fingerprint density at radius 1 is 1.19 bits per heavy atom. The highest BCUT2D eigenvalue weighted by Gasteiger charge is 2.24. The molecule has 0 radical (unpaired) electrons. The zero-order chi connectivity index (χ0) is 23.0. The van der Waals surface area contributed by atoms with E-state index in [1.807, 2.05) is 19.9 Å². The van der Waals surface area contributed by atoms with Crippen LogP contribution in [0.3, 0.4) is 0 Å². The summed E-state index contributed by atoms with van der Waals surface area (Å²) in [5.41, 5.74) is 1.42.